The number of fused-ring (bicyclic) bond motifs is 3. The molecule has 0 radical (unpaired) electrons. The Balaban J connectivity index is 0.000000175. The third-order valence-corrected chi connectivity index (χ3v) is 10.00. The van der Waals surface area contributed by atoms with E-state index in [-0.39, 0.29) is 17.9 Å². The van der Waals surface area contributed by atoms with E-state index in [4.69, 9.17) is 15.2 Å². The first-order valence-corrected chi connectivity index (χ1v) is 17.8. The zero-order chi connectivity index (χ0) is 36.0. The zero-order valence-corrected chi connectivity index (χ0v) is 28.9. The summed E-state index contributed by atoms with van der Waals surface area (Å²) in [5, 5.41) is 3.57. The first kappa shape index (κ1) is 35.6. The summed E-state index contributed by atoms with van der Waals surface area (Å²) >= 11 is 0. The smallest absolute Gasteiger partial charge is 0.251 e. The summed E-state index contributed by atoms with van der Waals surface area (Å²) in [6.45, 7) is 7.29. The van der Waals surface area contributed by atoms with Crippen LogP contribution in [0.5, 0.6) is 11.5 Å². The standard InChI is InChI=1S/C22H24FN5O3.C15H19FN4O/c23-15-9-19-18(26-11-15)1-2-22(29)28(19)8-7-27-5-3-16(4-6-27)24-12-17-10-20-21(13-25-17)31-14-30-20;16-11-9-14-13(18-10-11)1-2-15(21)20(14)8-7-19-5-3-12(17)4-6-19/h1-2,9-11,13,16,24H,3-8,12,14H2;1-2,9-10,12H,3-8,17H2. The van der Waals surface area contributed by atoms with Gasteiger partial charge in [0.15, 0.2) is 11.5 Å². The van der Waals surface area contributed by atoms with Gasteiger partial charge >= 0.3 is 0 Å². The Morgan fingerprint density at radius 2 is 1.23 bits per heavy atom. The summed E-state index contributed by atoms with van der Waals surface area (Å²) in [5.74, 6) is 0.586. The van der Waals surface area contributed by atoms with Crippen molar-refractivity contribution in [1.29, 1.82) is 0 Å². The van der Waals surface area contributed by atoms with Gasteiger partial charge in [0, 0.05) is 75.1 Å². The molecule has 3 N–H and O–H groups in total. The summed E-state index contributed by atoms with van der Waals surface area (Å²) in [6, 6.07) is 11.6. The second kappa shape index (κ2) is 16.2. The van der Waals surface area contributed by atoms with Crippen molar-refractivity contribution < 1.29 is 18.3 Å². The summed E-state index contributed by atoms with van der Waals surface area (Å²) in [5.41, 5.74) is 8.92. The van der Waals surface area contributed by atoms with Gasteiger partial charge in [-0.15, -0.1) is 0 Å². The van der Waals surface area contributed by atoms with Crippen molar-refractivity contribution >= 4 is 22.1 Å². The van der Waals surface area contributed by atoms with Crippen LogP contribution in [-0.4, -0.2) is 92.0 Å². The molecule has 0 saturated carbocycles. The van der Waals surface area contributed by atoms with Crippen molar-refractivity contribution in [3.63, 3.8) is 0 Å². The molecule has 0 amide bonds. The largest absolute Gasteiger partial charge is 0.453 e. The molecule has 0 aromatic carbocycles. The van der Waals surface area contributed by atoms with E-state index in [0.717, 1.165) is 76.4 Å². The number of nitrogens with one attached hydrogen (secondary N) is 1. The fourth-order valence-corrected chi connectivity index (χ4v) is 6.95. The average Bonchev–Trinajstić information content (AvgIpc) is 3.63. The molecule has 0 atom stereocenters. The first-order valence-electron chi connectivity index (χ1n) is 17.8. The van der Waals surface area contributed by atoms with Crippen LogP contribution in [0.4, 0.5) is 8.78 Å². The van der Waals surface area contributed by atoms with Crippen LogP contribution in [0.3, 0.4) is 0 Å². The van der Waals surface area contributed by atoms with Crippen LogP contribution in [0.1, 0.15) is 31.4 Å². The zero-order valence-electron chi connectivity index (χ0n) is 28.9. The second-order valence-corrected chi connectivity index (χ2v) is 13.5. The highest BCUT2D eigenvalue weighted by Gasteiger charge is 2.21. The van der Waals surface area contributed by atoms with Crippen molar-refractivity contribution in [3.8, 4) is 11.5 Å². The number of pyridine rings is 5. The molecule has 13 nitrogen and oxygen atoms in total. The lowest BCUT2D eigenvalue weighted by Gasteiger charge is -2.32. The Morgan fingerprint density at radius 3 is 1.81 bits per heavy atom. The number of hydrogen-bond acceptors (Lipinski definition) is 11. The lowest BCUT2D eigenvalue weighted by molar-refractivity contribution is 0.173. The molecule has 0 spiro atoms. The highest BCUT2D eigenvalue weighted by atomic mass is 19.1. The van der Waals surface area contributed by atoms with Gasteiger partial charge < -0.3 is 39.5 Å². The van der Waals surface area contributed by atoms with Crippen molar-refractivity contribution in [1.82, 2.24) is 39.2 Å². The van der Waals surface area contributed by atoms with Crippen LogP contribution in [0.2, 0.25) is 0 Å². The van der Waals surface area contributed by atoms with E-state index in [1.54, 1.807) is 27.5 Å². The van der Waals surface area contributed by atoms with Gasteiger partial charge in [-0.3, -0.25) is 24.5 Å². The predicted octanol–water partition coefficient (Wildman–Crippen LogP) is 2.87. The molecule has 52 heavy (non-hydrogen) atoms. The van der Waals surface area contributed by atoms with Crippen LogP contribution in [0.25, 0.3) is 22.1 Å². The number of halogens is 2. The van der Waals surface area contributed by atoms with Crippen molar-refractivity contribution in [2.75, 3.05) is 46.1 Å². The van der Waals surface area contributed by atoms with Gasteiger partial charge in [0.1, 0.15) is 11.6 Å². The number of piperidine rings is 2. The fraction of sp³-hybridized carbons (Fsp3) is 0.432. The molecule has 2 fully saturated rings. The molecule has 274 valence electrons. The molecule has 0 unspecified atom stereocenters. The van der Waals surface area contributed by atoms with Gasteiger partial charge in [-0.1, -0.05) is 0 Å². The number of likely N-dealkylation sites (tertiary alicyclic amines) is 2. The van der Waals surface area contributed by atoms with E-state index < -0.39 is 11.6 Å². The number of ether oxygens (including phenoxy) is 2. The second-order valence-electron chi connectivity index (χ2n) is 13.5. The van der Waals surface area contributed by atoms with Gasteiger partial charge in [0.25, 0.3) is 11.1 Å². The average molecular weight is 716 g/mol. The Bertz CT molecular complexity index is 2130. The van der Waals surface area contributed by atoms with Gasteiger partial charge in [-0.2, -0.15) is 0 Å². The molecule has 3 aliphatic rings. The van der Waals surface area contributed by atoms with Crippen LogP contribution >= 0.6 is 0 Å². The Labute approximate surface area is 299 Å². The quantitative estimate of drug-likeness (QED) is 0.233. The molecule has 15 heteroatoms. The normalized spacial score (nSPS) is 17.1. The number of rotatable bonds is 9. The highest BCUT2D eigenvalue weighted by Crippen LogP contribution is 2.31. The summed E-state index contributed by atoms with van der Waals surface area (Å²) in [6.07, 6.45) is 8.06. The van der Waals surface area contributed by atoms with Crippen molar-refractivity contribution in [2.24, 2.45) is 5.73 Å². The predicted molar refractivity (Wildman–Crippen MR) is 192 cm³/mol. The molecule has 0 bridgehead atoms. The molecule has 2 saturated heterocycles. The van der Waals surface area contributed by atoms with Gasteiger partial charge in [0.2, 0.25) is 6.79 Å². The van der Waals surface area contributed by atoms with E-state index in [0.29, 0.717) is 59.5 Å². The number of hydrogen-bond donors (Lipinski definition) is 2. The Morgan fingerprint density at radius 1 is 0.692 bits per heavy atom. The van der Waals surface area contributed by atoms with Crippen LogP contribution in [0.15, 0.2) is 70.6 Å². The molecule has 8 rings (SSSR count). The first-order chi connectivity index (χ1) is 25.3. The van der Waals surface area contributed by atoms with Crippen molar-refractivity contribution in [3.05, 3.63) is 99.1 Å². The lowest BCUT2D eigenvalue weighted by Crippen LogP contribution is -2.43. The van der Waals surface area contributed by atoms with E-state index in [2.05, 4.69) is 30.1 Å². The van der Waals surface area contributed by atoms with Crippen LogP contribution in [0, 0.1) is 11.6 Å². The maximum atomic E-state index is 13.6. The lowest BCUT2D eigenvalue weighted by atomic mass is 10.0. The highest BCUT2D eigenvalue weighted by molar-refractivity contribution is 5.74. The summed E-state index contributed by atoms with van der Waals surface area (Å²) < 4.78 is 40.9. The topological polar surface area (TPSA) is 146 Å². The number of nitrogens with two attached hydrogens (primary N) is 1. The molecule has 5 aromatic rings. The maximum Gasteiger partial charge on any atom is 0.251 e. The van der Waals surface area contributed by atoms with E-state index >= 15 is 0 Å². The van der Waals surface area contributed by atoms with E-state index in [1.807, 2.05) is 6.07 Å². The Kier molecular flexibility index (Phi) is 11.1. The monoisotopic (exact) mass is 715 g/mol. The number of nitrogens with zero attached hydrogens (tertiary/aromatic N) is 7. The minimum atomic E-state index is -0.435. The number of aromatic nitrogens is 5. The molecular formula is C37H43F2N9O4. The van der Waals surface area contributed by atoms with Crippen LogP contribution < -0.4 is 31.6 Å². The molecule has 8 heterocycles. The third-order valence-electron chi connectivity index (χ3n) is 10.00. The molecule has 5 aromatic heterocycles. The SMILES string of the molecule is NC1CCN(CCn2c(=O)ccc3ncc(F)cc32)CC1.O=c1ccc2ncc(F)cc2n1CCN1CCC(NCc2cc3c(cn2)OCO3)CC1. The summed E-state index contributed by atoms with van der Waals surface area (Å²) in [4.78, 5) is 41.5. The molecule has 0 aliphatic carbocycles. The van der Waals surface area contributed by atoms with Crippen molar-refractivity contribution in [2.45, 2.75) is 57.4 Å². The minimum absolute atomic E-state index is 0.122. The van der Waals surface area contributed by atoms with Gasteiger partial charge in [-0.25, -0.2) is 8.78 Å². The van der Waals surface area contributed by atoms with Gasteiger partial charge in [0.05, 0.1) is 46.4 Å². The minimum Gasteiger partial charge on any atom is -0.453 e. The van der Waals surface area contributed by atoms with Gasteiger partial charge in [-0.05, 0) is 64.0 Å². The molecule has 3 aliphatic heterocycles. The molecular weight excluding hydrogens is 672 g/mol. The summed E-state index contributed by atoms with van der Waals surface area (Å²) in [7, 11) is 0. The van der Waals surface area contributed by atoms with E-state index in [1.165, 1.54) is 36.7 Å². The fourth-order valence-electron chi connectivity index (χ4n) is 6.95. The maximum absolute atomic E-state index is 13.6. The third kappa shape index (κ3) is 8.61. The van der Waals surface area contributed by atoms with E-state index in [9.17, 15) is 18.4 Å². The Hall–Kier alpha value is -4.83. The van der Waals surface area contributed by atoms with Crippen LogP contribution in [-0.2, 0) is 19.6 Å².